The number of carbonyl (C=O) groups excluding carboxylic acids is 1. The molecule has 0 unspecified atom stereocenters. The van der Waals surface area contributed by atoms with Gasteiger partial charge in [0.05, 0.1) is 17.4 Å². The molecule has 0 aliphatic rings. The molecule has 0 radical (unpaired) electrons. The molecule has 2 aromatic heterocycles. The van der Waals surface area contributed by atoms with Gasteiger partial charge in [-0.1, -0.05) is 31.5 Å². The predicted octanol–water partition coefficient (Wildman–Crippen LogP) is 2.67. The Labute approximate surface area is 156 Å². The van der Waals surface area contributed by atoms with Crippen molar-refractivity contribution in [1.82, 2.24) is 15.0 Å². The lowest BCUT2D eigenvalue weighted by atomic mass is 10.1. The minimum atomic E-state index is -0.763. The average molecular weight is 364 g/mol. The van der Waals surface area contributed by atoms with Crippen molar-refractivity contribution in [3.05, 3.63) is 70.3 Å². The second-order valence-corrected chi connectivity index (χ2v) is 6.00. The zero-order valence-electron chi connectivity index (χ0n) is 14.9. The van der Waals surface area contributed by atoms with E-state index in [9.17, 15) is 14.7 Å². The van der Waals surface area contributed by atoms with Crippen molar-refractivity contribution in [2.45, 2.75) is 26.3 Å². The maximum atomic E-state index is 12.9. The number of pyridine rings is 2. The summed E-state index contributed by atoms with van der Waals surface area (Å²) in [5.74, 6) is -1.10. The van der Waals surface area contributed by atoms with Crippen LogP contribution in [0, 0.1) is 0 Å². The van der Waals surface area contributed by atoms with Crippen molar-refractivity contribution in [2.75, 3.05) is 0 Å². The van der Waals surface area contributed by atoms with Crippen LogP contribution >= 0.6 is 0 Å². The van der Waals surface area contributed by atoms with Gasteiger partial charge in [-0.05, 0) is 30.7 Å². The third-order valence-electron chi connectivity index (χ3n) is 4.16. The number of aromatic nitrogens is 2. The highest BCUT2D eigenvalue weighted by Gasteiger charge is 2.21. The van der Waals surface area contributed by atoms with Crippen LogP contribution in [0.15, 0.2) is 58.6 Å². The van der Waals surface area contributed by atoms with Gasteiger partial charge in [-0.15, -0.1) is 0 Å². The normalized spacial score (nSPS) is 11.1. The fraction of sp³-hybridized carbons (Fsp3) is 0.200. The van der Waals surface area contributed by atoms with Crippen LogP contribution in [-0.4, -0.2) is 26.8 Å². The van der Waals surface area contributed by atoms with Gasteiger partial charge in [0, 0.05) is 18.1 Å². The van der Waals surface area contributed by atoms with Crippen molar-refractivity contribution in [3.63, 3.8) is 0 Å². The first-order chi connectivity index (χ1) is 13.1. The zero-order chi connectivity index (χ0) is 19.2. The Hall–Kier alpha value is -3.48. The predicted molar refractivity (Wildman–Crippen MR) is 104 cm³/mol. The standard InChI is InChI=1S/C20H20N4O3/c1-2-3-12-24-16-10-5-4-9-15(16)18(25)17(20(24)27)19(26)23-22-13-14-8-6-7-11-21-14/h4-11,13,25H,2-3,12H2,1H3,(H,23,26)/b22-13+. The Bertz CT molecular complexity index is 1040. The number of aromatic hydroxyl groups is 1. The fourth-order valence-electron chi connectivity index (χ4n) is 2.80. The van der Waals surface area contributed by atoms with E-state index in [-0.39, 0.29) is 11.3 Å². The molecule has 0 fully saturated rings. The van der Waals surface area contributed by atoms with E-state index >= 15 is 0 Å². The van der Waals surface area contributed by atoms with E-state index in [1.807, 2.05) is 6.92 Å². The topological polar surface area (TPSA) is 96.6 Å². The summed E-state index contributed by atoms with van der Waals surface area (Å²) in [6.07, 6.45) is 4.65. The van der Waals surface area contributed by atoms with Crippen LogP contribution in [0.25, 0.3) is 10.9 Å². The largest absolute Gasteiger partial charge is 0.506 e. The first-order valence-corrected chi connectivity index (χ1v) is 8.72. The number of carbonyl (C=O) groups is 1. The molecule has 2 N–H and O–H groups in total. The molecule has 0 aliphatic carbocycles. The number of aryl methyl sites for hydroxylation is 1. The minimum Gasteiger partial charge on any atom is -0.506 e. The number of para-hydroxylation sites is 1. The Morgan fingerprint density at radius 3 is 2.78 bits per heavy atom. The number of fused-ring (bicyclic) bond motifs is 1. The van der Waals surface area contributed by atoms with Gasteiger partial charge in [0.2, 0.25) is 0 Å². The molecular formula is C20H20N4O3. The van der Waals surface area contributed by atoms with Crippen LogP contribution in [0.5, 0.6) is 5.75 Å². The molecule has 0 bridgehead atoms. The maximum Gasteiger partial charge on any atom is 0.280 e. The Morgan fingerprint density at radius 2 is 2.04 bits per heavy atom. The van der Waals surface area contributed by atoms with E-state index < -0.39 is 11.5 Å². The molecule has 7 heteroatoms. The van der Waals surface area contributed by atoms with Crippen LogP contribution in [0.1, 0.15) is 35.8 Å². The third kappa shape index (κ3) is 3.87. The summed E-state index contributed by atoms with van der Waals surface area (Å²) in [6.45, 7) is 2.49. The highest BCUT2D eigenvalue weighted by Crippen LogP contribution is 2.26. The van der Waals surface area contributed by atoms with Crippen molar-refractivity contribution in [1.29, 1.82) is 0 Å². The molecule has 0 aliphatic heterocycles. The molecule has 7 nitrogen and oxygen atoms in total. The number of nitrogens with zero attached hydrogens (tertiary/aromatic N) is 3. The van der Waals surface area contributed by atoms with Crippen molar-refractivity contribution in [2.24, 2.45) is 5.10 Å². The van der Waals surface area contributed by atoms with Crippen LogP contribution in [0.4, 0.5) is 0 Å². The number of rotatable bonds is 6. The highest BCUT2D eigenvalue weighted by molar-refractivity contribution is 6.02. The van der Waals surface area contributed by atoms with E-state index in [0.717, 1.165) is 12.8 Å². The Morgan fingerprint density at radius 1 is 1.26 bits per heavy atom. The SMILES string of the molecule is CCCCn1c(=O)c(C(=O)N/N=C/c2ccccn2)c(O)c2ccccc21. The summed E-state index contributed by atoms with van der Waals surface area (Å²) in [5.41, 5.74) is 2.60. The molecule has 3 aromatic rings. The summed E-state index contributed by atoms with van der Waals surface area (Å²) in [4.78, 5) is 29.4. The van der Waals surface area contributed by atoms with E-state index in [0.29, 0.717) is 23.1 Å². The molecular weight excluding hydrogens is 344 g/mol. The Kier molecular flexibility index (Phi) is 5.61. The summed E-state index contributed by atoms with van der Waals surface area (Å²) in [5, 5.41) is 14.8. The van der Waals surface area contributed by atoms with Crippen molar-refractivity contribution < 1.29 is 9.90 Å². The van der Waals surface area contributed by atoms with Gasteiger partial charge in [-0.3, -0.25) is 14.6 Å². The van der Waals surface area contributed by atoms with Crippen LogP contribution in [0.2, 0.25) is 0 Å². The van der Waals surface area contributed by atoms with Gasteiger partial charge in [0.25, 0.3) is 11.5 Å². The van der Waals surface area contributed by atoms with Gasteiger partial charge in [-0.2, -0.15) is 5.10 Å². The monoisotopic (exact) mass is 364 g/mol. The van der Waals surface area contributed by atoms with Gasteiger partial charge >= 0.3 is 0 Å². The molecule has 0 spiro atoms. The van der Waals surface area contributed by atoms with Gasteiger partial charge < -0.3 is 9.67 Å². The average Bonchev–Trinajstić information content (AvgIpc) is 2.69. The van der Waals surface area contributed by atoms with Gasteiger partial charge in [-0.25, -0.2) is 5.43 Å². The number of unbranched alkanes of at least 4 members (excludes halogenated alkanes) is 1. The van der Waals surface area contributed by atoms with Gasteiger partial charge in [0.1, 0.15) is 11.3 Å². The zero-order valence-corrected chi connectivity index (χ0v) is 14.9. The highest BCUT2D eigenvalue weighted by atomic mass is 16.3. The van der Waals surface area contributed by atoms with E-state index in [4.69, 9.17) is 0 Å². The molecule has 1 aromatic carbocycles. The molecule has 0 saturated heterocycles. The molecule has 27 heavy (non-hydrogen) atoms. The van der Waals surface area contributed by atoms with Crippen LogP contribution < -0.4 is 11.0 Å². The third-order valence-corrected chi connectivity index (χ3v) is 4.16. The summed E-state index contributed by atoms with van der Waals surface area (Å²) in [6, 6.07) is 12.3. The Balaban J connectivity index is 1.99. The summed E-state index contributed by atoms with van der Waals surface area (Å²) in [7, 11) is 0. The number of nitrogens with one attached hydrogen (secondary N) is 1. The number of hydrogen-bond acceptors (Lipinski definition) is 5. The second-order valence-electron chi connectivity index (χ2n) is 6.00. The fourth-order valence-corrected chi connectivity index (χ4v) is 2.80. The van der Waals surface area contributed by atoms with E-state index in [1.165, 1.54) is 10.8 Å². The molecule has 138 valence electrons. The lowest BCUT2D eigenvalue weighted by molar-refractivity contribution is 0.0950. The molecule has 0 atom stereocenters. The maximum absolute atomic E-state index is 12.9. The molecule has 0 saturated carbocycles. The number of hydrazone groups is 1. The lowest BCUT2D eigenvalue weighted by Gasteiger charge is -2.14. The number of amides is 1. The molecule has 1 amide bonds. The lowest BCUT2D eigenvalue weighted by Crippen LogP contribution is -2.31. The van der Waals surface area contributed by atoms with Crippen LogP contribution in [0.3, 0.4) is 0 Å². The van der Waals surface area contributed by atoms with Gasteiger partial charge in [0.15, 0.2) is 0 Å². The first-order valence-electron chi connectivity index (χ1n) is 8.72. The smallest absolute Gasteiger partial charge is 0.280 e. The summed E-state index contributed by atoms with van der Waals surface area (Å²) >= 11 is 0. The number of hydrogen-bond donors (Lipinski definition) is 2. The van der Waals surface area contributed by atoms with Crippen molar-refractivity contribution in [3.8, 4) is 5.75 Å². The first kappa shape index (κ1) is 18.3. The minimum absolute atomic E-state index is 0.317. The van der Waals surface area contributed by atoms with E-state index in [2.05, 4.69) is 15.5 Å². The second kappa shape index (κ2) is 8.27. The summed E-state index contributed by atoms with van der Waals surface area (Å²) < 4.78 is 1.52. The van der Waals surface area contributed by atoms with Crippen LogP contribution in [-0.2, 0) is 6.54 Å². The van der Waals surface area contributed by atoms with E-state index in [1.54, 1.807) is 48.7 Å². The van der Waals surface area contributed by atoms with Crippen molar-refractivity contribution >= 4 is 23.0 Å². The quantitative estimate of drug-likeness (QED) is 0.519. The molecule has 3 rings (SSSR count). The number of benzene rings is 1. The molecule has 2 heterocycles.